The van der Waals surface area contributed by atoms with Gasteiger partial charge >= 0.3 is 0 Å². The summed E-state index contributed by atoms with van der Waals surface area (Å²) < 4.78 is 15.3. The molecule has 0 spiro atoms. The van der Waals surface area contributed by atoms with Crippen molar-refractivity contribution in [3.63, 3.8) is 0 Å². The minimum atomic E-state index is -0.368. The predicted octanol–water partition coefficient (Wildman–Crippen LogP) is 4.00. The van der Waals surface area contributed by atoms with Crippen LogP contribution < -0.4 is 5.32 Å². The van der Waals surface area contributed by atoms with E-state index in [1.165, 1.54) is 24.5 Å². The predicted molar refractivity (Wildman–Crippen MR) is 79.5 cm³/mol. The molecule has 0 aliphatic heterocycles. The summed E-state index contributed by atoms with van der Waals surface area (Å²) in [6.07, 6.45) is 6.85. The highest BCUT2D eigenvalue weighted by Gasteiger charge is 2.31. The first kappa shape index (κ1) is 13.7. The van der Waals surface area contributed by atoms with Crippen LogP contribution in [0.25, 0.3) is 0 Å². The number of nitrogens with zero attached hydrogens (tertiary/aromatic N) is 1. The van der Waals surface area contributed by atoms with Crippen molar-refractivity contribution < 1.29 is 4.39 Å². The molecule has 0 amide bonds. The van der Waals surface area contributed by atoms with Gasteiger partial charge in [0, 0.05) is 25.0 Å². The molecule has 20 heavy (non-hydrogen) atoms. The van der Waals surface area contributed by atoms with Crippen LogP contribution in [-0.4, -0.2) is 11.6 Å². The lowest BCUT2D eigenvalue weighted by molar-refractivity contribution is 0.528. The molecule has 2 aromatic rings. The highest BCUT2D eigenvalue weighted by molar-refractivity contribution is 6.30. The third kappa shape index (κ3) is 2.89. The van der Waals surface area contributed by atoms with Gasteiger partial charge in [-0.15, -0.1) is 0 Å². The molecule has 1 saturated carbocycles. The Kier molecular flexibility index (Phi) is 3.81. The molecule has 1 aromatic carbocycles. The van der Waals surface area contributed by atoms with Crippen molar-refractivity contribution in [3.8, 4) is 0 Å². The third-order valence-electron chi connectivity index (χ3n) is 3.89. The van der Waals surface area contributed by atoms with Crippen LogP contribution >= 0.6 is 11.6 Å². The average Bonchev–Trinajstić information content (AvgIpc) is 3.16. The first-order chi connectivity index (χ1) is 9.67. The number of nitrogens with one attached hydrogen (secondary N) is 1. The number of hydrogen-bond donors (Lipinski definition) is 1. The summed E-state index contributed by atoms with van der Waals surface area (Å²) in [5, 5.41) is 3.57. The molecule has 1 atom stereocenters. The standard InChI is InChI=1S/C16H18ClFN2/c1-19-16(12-3-4-12)13-6-7-20(10-13)9-11-2-5-15(18)14(17)8-11/h2,5-8,10,12,16,19H,3-4,9H2,1H3. The van der Waals surface area contributed by atoms with Crippen molar-refractivity contribution in [2.45, 2.75) is 25.4 Å². The van der Waals surface area contributed by atoms with Crippen molar-refractivity contribution in [1.82, 2.24) is 9.88 Å². The molecule has 1 aromatic heterocycles. The van der Waals surface area contributed by atoms with Crippen molar-refractivity contribution in [2.75, 3.05) is 7.05 Å². The quantitative estimate of drug-likeness (QED) is 0.881. The summed E-state index contributed by atoms with van der Waals surface area (Å²) in [4.78, 5) is 0. The maximum absolute atomic E-state index is 13.1. The van der Waals surface area contributed by atoms with Crippen LogP contribution in [0.1, 0.15) is 30.0 Å². The zero-order chi connectivity index (χ0) is 14.1. The van der Waals surface area contributed by atoms with E-state index in [1.54, 1.807) is 12.1 Å². The Bertz CT molecular complexity index is 604. The van der Waals surface area contributed by atoms with Crippen molar-refractivity contribution in [2.24, 2.45) is 5.92 Å². The van der Waals surface area contributed by atoms with Gasteiger partial charge in [-0.05, 0) is 55.1 Å². The van der Waals surface area contributed by atoms with Crippen LogP contribution in [0.5, 0.6) is 0 Å². The Morgan fingerprint density at radius 3 is 2.85 bits per heavy atom. The van der Waals surface area contributed by atoms with E-state index in [0.717, 1.165) is 11.5 Å². The summed E-state index contributed by atoms with van der Waals surface area (Å²) in [6, 6.07) is 7.49. The third-order valence-corrected chi connectivity index (χ3v) is 4.18. The molecular formula is C16H18ClFN2. The second kappa shape index (κ2) is 5.58. The molecule has 2 nitrogen and oxygen atoms in total. The monoisotopic (exact) mass is 292 g/mol. The summed E-state index contributed by atoms with van der Waals surface area (Å²) in [7, 11) is 2.01. The molecule has 1 aliphatic rings. The highest BCUT2D eigenvalue weighted by Crippen LogP contribution is 2.40. The fourth-order valence-corrected chi connectivity index (χ4v) is 2.90. The summed E-state index contributed by atoms with van der Waals surface area (Å²) in [5.41, 5.74) is 2.33. The molecule has 4 heteroatoms. The van der Waals surface area contributed by atoms with Crippen LogP contribution in [0.15, 0.2) is 36.7 Å². The van der Waals surface area contributed by atoms with E-state index in [0.29, 0.717) is 12.6 Å². The van der Waals surface area contributed by atoms with E-state index in [9.17, 15) is 4.39 Å². The van der Waals surface area contributed by atoms with Crippen LogP contribution in [0, 0.1) is 11.7 Å². The normalized spacial score (nSPS) is 16.4. The van der Waals surface area contributed by atoms with Crippen molar-refractivity contribution >= 4 is 11.6 Å². The van der Waals surface area contributed by atoms with Crippen molar-refractivity contribution in [3.05, 3.63) is 58.6 Å². The molecule has 0 radical (unpaired) electrons. The van der Waals surface area contributed by atoms with E-state index >= 15 is 0 Å². The van der Waals surface area contributed by atoms with Gasteiger partial charge < -0.3 is 9.88 Å². The van der Waals surface area contributed by atoms with Crippen LogP contribution in [-0.2, 0) is 6.54 Å². The van der Waals surface area contributed by atoms with Gasteiger partial charge in [0.15, 0.2) is 0 Å². The molecule has 1 unspecified atom stereocenters. The number of hydrogen-bond acceptors (Lipinski definition) is 1. The van der Waals surface area contributed by atoms with Gasteiger partial charge in [-0.1, -0.05) is 17.7 Å². The lowest BCUT2D eigenvalue weighted by atomic mass is 10.1. The van der Waals surface area contributed by atoms with Crippen LogP contribution in [0.3, 0.4) is 0 Å². The minimum Gasteiger partial charge on any atom is -0.350 e. The molecule has 1 heterocycles. The van der Waals surface area contributed by atoms with Gasteiger partial charge in [-0.3, -0.25) is 0 Å². The zero-order valence-corrected chi connectivity index (χ0v) is 12.2. The van der Waals surface area contributed by atoms with Crippen LogP contribution in [0.2, 0.25) is 5.02 Å². The first-order valence-electron chi connectivity index (χ1n) is 6.94. The lowest BCUT2D eigenvalue weighted by Crippen LogP contribution is -2.17. The highest BCUT2D eigenvalue weighted by atomic mass is 35.5. The number of rotatable bonds is 5. The van der Waals surface area contributed by atoms with E-state index in [1.807, 2.05) is 7.05 Å². The van der Waals surface area contributed by atoms with Gasteiger partial charge in [0.1, 0.15) is 5.82 Å². The molecule has 3 rings (SSSR count). The zero-order valence-electron chi connectivity index (χ0n) is 11.4. The van der Waals surface area contributed by atoms with Gasteiger partial charge in [0.05, 0.1) is 5.02 Å². The van der Waals surface area contributed by atoms with Gasteiger partial charge in [-0.25, -0.2) is 4.39 Å². The molecule has 1 fully saturated rings. The second-order valence-electron chi connectivity index (χ2n) is 5.47. The van der Waals surface area contributed by atoms with Crippen molar-refractivity contribution in [1.29, 1.82) is 0 Å². The molecule has 0 bridgehead atoms. The number of aromatic nitrogens is 1. The summed E-state index contributed by atoms with van der Waals surface area (Å²) >= 11 is 5.81. The maximum Gasteiger partial charge on any atom is 0.141 e. The minimum absolute atomic E-state index is 0.181. The second-order valence-corrected chi connectivity index (χ2v) is 5.88. The molecule has 106 valence electrons. The smallest absolute Gasteiger partial charge is 0.141 e. The number of benzene rings is 1. The molecule has 0 saturated heterocycles. The van der Waals surface area contributed by atoms with E-state index in [2.05, 4.69) is 28.3 Å². The van der Waals surface area contributed by atoms with Crippen LogP contribution in [0.4, 0.5) is 4.39 Å². The van der Waals surface area contributed by atoms with Gasteiger partial charge in [0.25, 0.3) is 0 Å². The van der Waals surface area contributed by atoms with Gasteiger partial charge in [0.2, 0.25) is 0 Å². The largest absolute Gasteiger partial charge is 0.350 e. The Morgan fingerprint density at radius 1 is 1.40 bits per heavy atom. The lowest BCUT2D eigenvalue weighted by Gasteiger charge is -2.13. The van der Waals surface area contributed by atoms with E-state index in [-0.39, 0.29) is 10.8 Å². The summed E-state index contributed by atoms with van der Waals surface area (Å²) in [6.45, 7) is 0.709. The van der Waals surface area contributed by atoms with Gasteiger partial charge in [-0.2, -0.15) is 0 Å². The fourth-order valence-electron chi connectivity index (χ4n) is 2.69. The Hall–Kier alpha value is -1.32. The fraction of sp³-hybridized carbons (Fsp3) is 0.375. The topological polar surface area (TPSA) is 17.0 Å². The Balaban J connectivity index is 1.74. The van der Waals surface area contributed by atoms with E-state index in [4.69, 9.17) is 11.6 Å². The SMILES string of the molecule is CNC(c1ccn(Cc2ccc(F)c(Cl)c2)c1)C1CC1. The number of halogens is 2. The maximum atomic E-state index is 13.1. The Labute approximate surface area is 123 Å². The average molecular weight is 293 g/mol. The molecular weight excluding hydrogens is 275 g/mol. The Morgan fingerprint density at radius 2 is 2.20 bits per heavy atom. The van der Waals surface area contributed by atoms with E-state index < -0.39 is 0 Å². The molecule has 1 aliphatic carbocycles. The molecule has 1 N–H and O–H groups in total. The summed E-state index contributed by atoms with van der Waals surface area (Å²) in [5.74, 6) is 0.406. The first-order valence-corrected chi connectivity index (χ1v) is 7.32.